The van der Waals surface area contributed by atoms with Gasteiger partial charge in [0.15, 0.2) is 5.82 Å². The molecule has 0 radical (unpaired) electrons. The van der Waals surface area contributed by atoms with E-state index in [1.54, 1.807) is 6.92 Å². The normalized spacial score (nSPS) is 12.7. The van der Waals surface area contributed by atoms with E-state index in [9.17, 15) is 0 Å². The predicted molar refractivity (Wildman–Crippen MR) is 60.4 cm³/mol. The van der Waals surface area contributed by atoms with E-state index < -0.39 is 0 Å². The van der Waals surface area contributed by atoms with Crippen molar-refractivity contribution >= 4 is 29.0 Å². The van der Waals surface area contributed by atoms with Gasteiger partial charge in [0.05, 0.1) is 10.4 Å². The second-order valence-corrected chi connectivity index (χ2v) is 4.90. The molecule has 0 saturated heterocycles. The van der Waals surface area contributed by atoms with Crippen LogP contribution in [0.3, 0.4) is 0 Å². The van der Waals surface area contributed by atoms with Crippen LogP contribution in [0.5, 0.6) is 0 Å². The fourth-order valence-corrected chi connectivity index (χ4v) is 2.24. The van der Waals surface area contributed by atoms with Crippen LogP contribution in [-0.4, -0.2) is 10.1 Å². The van der Waals surface area contributed by atoms with Crippen molar-refractivity contribution in [3.63, 3.8) is 0 Å². The number of nitrogens with one attached hydrogen (secondary N) is 1. The lowest BCUT2D eigenvalue weighted by atomic mass is 10.3. The van der Waals surface area contributed by atoms with Crippen molar-refractivity contribution in [2.24, 2.45) is 0 Å². The lowest BCUT2D eigenvalue weighted by molar-refractivity contribution is 0.423. The highest BCUT2D eigenvalue weighted by molar-refractivity contribution is 7.16. The standard InChI is InChI=1S/C9H10ClN3OS/c1-5(7-3-4-8(10)15-7)11-9-12-6(2)13-14-9/h3-5H,1-2H3,(H,11,12,13). The van der Waals surface area contributed by atoms with E-state index >= 15 is 0 Å². The molecule has 0 aliphatic carbocycles. The lowest BCUT2D eigenvalue weighted by Crippen LogP contribution is -2.04. The summed E-state index contributed by atoms with van der Waals surface area (Å²) in [5.41, 5.74) is 0. The molecule has 1 N–H and O–H groups in total. The van der Waals surface area contributed by atoms with E-state index in [-0.39, 0.29) is 6.04 Å². The smallest absolute Gasteiger partial charge is 0.321 e. The summed E-state index contributed by atoms with van der Waals surface area (Å²) in [6.45, 7) is 3.79. The van der Waals surface area contributed by atoms with Gasteiger partial charge in [-0.2, -0.15) is 4.98 Å². The van der Waals surface area contributed by atoms with Crippen LogP contribution in [0.2, 0.25) is 4.34 Å². The van der Waals surface area contributed by atoms with E-state index in [0.29, 0.717) is 11.8 Å². The summed E-state index contributed by atoms with van der Waals surface area (Å²) < 4.78 is 5.74. The van der Waals surface area contributed by atoms with Crippen LogP contribution < -0.4 is 5.32 Å². The first-order valence-electron chi connectivity index (χ1n) is 4.47. The Labute approximate surface area is 96.3 Å². The molecule has 6 heteroatoms. The summed E-state index contributed by atoms with van der Waals surface area (Å²) >= 11 is 7.39. The van der Waals surface area contributed by atoms with Crippen molar-refractivity contribution in [3.8, 4) is 0 Å². The van der Waals surface area contributed by atoms with Crippen LogP contribution in [0.1, 0.15) is 23.7 Å². The maximum absolute atomic E-state index is 5.85. The molecule has 2 aromatic rings. The van der Waals surface area contributed by atoms with Crippen molar-refractivity contribution in [2.75, 3.05) is 5.32 Å². The summed E-state index contributed by atoms with van der Waals surface area (Å²) in [6, 6.07) is 4.40. The monoisotopic (exact) mass is 243 g/mol. The molecular weight excluding hydrogens is 234 g/mol. The summed E-state index contributed by atoms with van der Waals surface area (Å²) in [5, 5.41) is 6.80. The van der Waals surface area contributed by atoms with E-state index in [1.165, 1.54) is 11.3 Å². The van der Waals surface area contributed by atoms with Crippen LogP contribution >= 0.6 is 22.9 Å². The number of aromatic nitrogens is 2. The van der Waals surface area contributed by atoms with E-state index in [0.717, 1.165) is 9.21 Å². The highest BCUT2D eigenvalue weighted by Gasteiger charge is 2.11. The topological polar surface area (TPSA) is 51.0 Å². The van der Waals surface area contributed by atoms with Gasteiger partial charge in [-0.15, -0.1) is 11.3 Å². The number of nitrogens with zero attached hydrogens (tertiary/aromatic N) is 2. The Morgan fingerprint density at radius 1 is 1.53 bits per heavy atom. The van der Waals surface area contributed by atoms with E-state index in [2.05, 4.69) is 15.5 Å². The van der Waals surface area contributed by atoms with Crippen molar-refractivity contribution in [1.82, 2.24) is 10.1 Å². The maximum Gasteiger partial charge on any atom is 0.321 e. The largest absolute Gasteiger partial charge is 0.330 e. The second-order valence-electron chi connectivity index (χ2n) is 3.15. The van der Waals surface area contributed by atoms with Crippen molar-refractivity contribution < 1.29 is 4.52 Å². The third-order valence-electron chi connectivity index (χ3n) is 1.89. The van der Waals surface area contributed by atoms with Crippen molar-refractivity contribution in [3.05, 3.63) is 27.2 Å². The Morgan fingerprint density at radius 3 is 2.87 bits per heavy atom. The second kappa shape index (κ2) is 4.20. The molecule has 15 heavy (non-hydrogen) atoms. The molecule has 2 heterocycles. The molecule has 0 aliphatic heterocycles. The minimum Gasteiger partial charge on any atom is -0.330 e. The molecular formula is C9H10ClN3OS. The highest BCUT2D eigenvalue weighted by Crippen LogP contribution is 2.28. The van der Waals surface area contributed by atoms with Gasteiger partial charge in [0.25, 0.3) is 0 Å². The molecule has 0 aliphatic rings. The lowest BCUT2D eigenvalue weighted by Gasteiger charge is -2.08. The third kappa shape index (κ3) is 2.49. The zero-order chi connectivity index (χ0) is 10.8. The number of thiophene rings is 1. The number of rotatable bonds is 3. The minimum absolute atomic E-state index is 0.113. The van der Waals surface area contributed by atoms with Gasteiger partial charge in [0.1, 0.15) is 0 Å². The summed E-state index contributed by atoms with van der Waals surface area (Å²) in [4.78, 5) is 5.20. The predicted octanol–water partition coefficient (Wildman–Crippen LogP) is 3.27. The molecule has 0 spiro atoms. The molecule has 0 fully saturated rings. The first-order valence-corrected chi connectivity index (χ1v) is 5.66. The summed E-state index contributed by atoms with van der Waals surface area (Å²) in [5.74, 6) is 0.619. The fourth-order valence-electron chi connectivity index (χ4n) is 1.17. The molecule has 80 valence electrons. The maximum atomic E-state index is 5.85. The number of anilines is 1. The number of aryl methyl sites for hydroxylation is 1. The molecule has 2 aromatic heterocycles. The first-order chi connectivity index (χ1) is 7.15. The SMILES string of the molecule is Cc1noc(NC(C)c2ccc(Cl)s2)n1. The van der Waals surface area contributed by atoms with Crippen molar-refractivity contribution in [1.29, 1.82) is 0 Å². The Morgan fingerprint density at radius 2 is 2.33 bits per heavy atom. The highest BCUT2D eigenvalue weighted by atomic mass is 35.5. The van der Waals surface area contributed by atoms with Crippen LogP contribution in [0.4, 0.5) is 6.01 Å². The molecule has 0 aromatic carbocycles. The zero-order valence-electron chi connectivity index (χ0n) is 8.32. The Balaban J connectivity index is 2.06. The van der Waals surface area contributed by atoms with Gasteiger partial charge >= 0.3 is 6.01 Å². The van der Waals surface area contributed by atoms with Gasteiger partial charge in [0, 0.05) is 4.88 Å². The quantitative estimate of drug-likeness (QED) is 0.899. The average molecular weight is 244 g/mol. The number of hydrogen-bond donors (Lipinski definition) is 1. The molecule has 0 saturated carbocycles. The zero-order valence-corrected chi connectivity index (χ0v) is 9.89. The van der Waals surface area contributed by atoms with Gasteiger partial charge in [-0.3, -0.25) is 0 Å². The van der Waals surface area contributed by atoms with Gasteiger partial charge in [-0.05, 0) is 26.0 Å². The Hall–Kier alpha value is -1.07. The van der Waals surface area contributed by atoms with Gasteiger partial charge < -0.3 is 9.84 Å². The number of hydrogen-bond acceptors (Lipinski definition) is 5. The molecule has 2 rings (SSSR count). The van der Waals surface area contributed by atoms with Gasteiger partial charge in [-0.1, -0.05) is 16.8 Å². The van der Waals surface area contributed by atoms with Crippen LogP contribution in [0, 0.1) is 6.92 Å². The minimum atomic E-state index is 0.113. The third-order valence-corrected chi connectivity index (χ3v) is 3.30. The molecule has 4 nitrogen and oxygen atoms in total. The van der Waals surface area contributed by atoms with Crippen LogP contribution in [0.15, 0.2) is 16.7 Å². The fraction of sp³-hybridized carbons (Fsp3) is 0.333. The summed E-state index contributed by atoms with van der Waals surface area (Å²) in [7, 11) is 0. The van der Waals surface area contributed by atoms with E-state index in [4.69, 9.17) is 16.1 Å². The molecule has 0 amide bonds. The Kier molecular flexibility index (Phi) is 2.93. The van der Waals surface area contributed by atoms with Crippen LogP contribution in [0.25, 0.3) is 0 Å². The molecule has 0 bridgehead atoms. The van der Waals surface area contributed by atoms with Gasteiger partial charge in [-0.25, -0.2) is 0 Å². The Bertz CT molecular complexity index is 454. The van der Waals surface area contributed by atoms with Crippen LogP contribution in [-0.2, 0) is 0 Å². The van der Waals surface area contributed by atoms with E-state index in [1.807, 2.05) is 19.1 Å². The summed E-state index contributed by atoms with van der Waals surface area (Å²) in [6.07, 6.45) is 0. The first kappa shape index (κ1) is 10.4. The molecule has 1 atom stereocenters. The van der Waals surface area contributed by atoms with Crippen molar-refractivity contribution in [2.45, 2.75) is 19.9 Å². The number of halogens is 1. The average Bonchev–Trinajstić information content (AvgIpc) is 2.75. The molecule has 1 unspecified atom stereocenters. The van der Waals surface area contributed by atoms with Gasteiger partial charge in [0.2, 0.25) is 0 Å².